The molecule has 7 heteroatoms. The fourth-order valence-corrected chi connectivity index (χ4v) is 3.34. The summed E-state index contributed by atoms with van der Waals surface area (Å²) in [5, 5.41) is 14.6. The van der Waals surface area contributed by atoms with Crippen LogP contribution in [0.2, 0.25) is 0 Å². The first-order valence-corrected chi connectivity index (χ1v) is 8.85. The molecule has 1 N–H and O–H groups in total. The Morgan fingerprint density at radius 2 is 2.42 bits per heavy atom. The molecule has 0 aromatic carbocycles. The molecule has 0 amide bonds. The van der Waals surface area contributed by atoms with Gasteiger partial charge in [-0.05, 0) is 25.3 Å². The number of aromatic nitrogens is 2. The van der Waals surface area contributed by atoms with E-state index in [4.69, 9.17) is 9.47 Å². The van der Waals surface area contributed by atoms with Crippen LogP contribution in [0.15, 0.2) is 10.9 Å². The molecule has 24 heavy (non-hydrogen) atoms. The number of aliphatic hydroxyl groups excluding tert-OH is 1. The lowest BCUT2D eigenvalue weighted by Crippen LogP contribution is -2.40. The van der Waals surface area contributed by atoms with Gasteiger partial charge in [-0.25, -0.2) is 4.68 Å². The first kappa shape index (κ1) is 17.5. The maximum absolute atomic E-state index is 11.9. The summed E-state index contributed by atoms with van der Waals surface area (Å²) in [5.41, 5.74) is 1.92. The highest BCUT2D eigenvalue weighted by molar-refractivity contribution is 5.20. The van der Waals surface area contributed by atoms with Crippen molar-refractivity contribution in [3.05, 3.63) is 27.7 Å². The van der Waals surface area contributed by atoms with Gasteiger partial charge in [0.2, 0.25) is 0 Å². The summed E-state index contributed by atoms with van der Waals surface area (Å²) in [6, 6.07) is 1.68. The second kappa shape index (κ2) is 8.20. The molecule has 0 radical (unpaired) electrons. The number of aliphatic hydroxyl groups is 1. The molecular weight excluding hydrogens is 310 g/mol. The number of nitrogens with zero attached hydrogens (tertiary/aromatic N) is 3. The Bertz CT molecular complexity index is 598. The van der Waals surface area contributed by atoms with Crippen LogP contribution >= 0.6 is 0 Å². The fourth-order valence-electron chi connectivity index (χ4n) is 3.34. The summed E-state index contributed by atoms with van der Waals surface area (Å²) in [5.74, 6) is 0. The largest absolute Gasteiger partial charge is 0.389 e. The fraction of sp³-hybridized carbons (Fsp3) is 0.765. The lowest BCUT2D eigenvalue weighted by molar-refractivity contribution is -0.0262. The highest BCUT2D eigenvalue weighted by Gasteiger charge is 2.22. The number of hydrogen-bond acceptors (Lipinski definition) is 6. The zero-order valence-corrected chi connectivity index (χ0v) is 14.3. The second-order valence-electron chi connectivity index (χ2n) is 6.58. The minimum absolute atomic E-state index is 0.0569. The van der Waals surface area contributed by atoms with Gasteiger partial charge < -0.3 is 14.6 Å². The topological polar surface area (TPSA) is 76.8 Å². The summed E-state index contributed by atoms with van der Waals surface area (Å²) >= 11 is 0. The Hall–Kier alpha value is -1.28. The molecule has 1 aromatic heterocycles. The monoisotopic (exact) mass is 337 g/mol. The molecule has 3 rings (SSSR count). The molecule has 1 saturated heterocycles. The number of ether oxygens (including phenoxy) is 2. The number of aryl methyl sites for hydroxylation is 1. The number of β-amino-alcohol motifs (C(OH)–C–C–N with tert-alkyl or cyclic N) is 1. The Labute approximate surface area is 142 Å². The van der Waals surface area contributed by atoms with Gasteiger partial charge in [-0.3, -0.25) is 9.69 Å². The molecule has 3 heterocycles. The van der Waals surface area contributed by atoms with Gasteiger partial charge in [-0.2, -0.15) is 5.10 Å². The quantitative estimate of drug-likeness (QED) is 0.765. The van der Waals surface area contributed by atoms with Gasteiger partial charge in [-0.1, -0.05) is 0 Å². The van der Waals surface area contributed by atoms with E-state index in [1.54, 1.807) is 6.07 Å². The van der Waals surface area contributed by atoms with E-state index in [9.17, 15) is 9.90 Å². The Morgan fingerprint density at radius 3 is 3.17 bits per heavy atom. The van der Waals surface area contributed by atoms with Crippen LogP contribution in [0.5, 0.6) is 0 Å². The first-order chi connectivity index (χ1) is 11.7. The second-order valence-corrected chi connectivity index (χ2v) is 6.58. The van der Waals surface area contributed by atoms with Crippen LogP contribution in [0.1, 0.15) is 31.0 Å². The Kier molecular flexibility index (Phi) is 5.99. The highest BCUT2D eigenvalue weighted by atomic mass is 16.5. The van der Waals surface area contributed by atoms with E-state index in [0.717, 1.165) is 43.7 Å². The first-order valence-electron chi connectivity index (χ1n) is 8.85. The van der Waals surface area contributed by atoms with E-state index in [2.05, 4.69) is 10.00 Å². The minimum Gasteiger partial charge on any atom is -0.389 e. The van der Waals surface area contributed by atoms with E-state index in [-0.39, 0.29) is 11.7 Å². The van der Waals surface area contributed by atoms with Gasteiger partial charge in [0.1, 0.15) is 0 Å². The van der Waals surface area contributed by atoms with E-state index in [1.165, 1.54) is 4.68 Å². The third kappa shape index (κ3) is 4.42. The van der Waals surface area contributed by atoms with Crippen molar-refractivity contribution in [2.45, 2.75) is 51.5 Å². The van der Waals surface area contributed by atoms with Crippen molar-refractivity contribution in [2.75, 3.05) is 32.9 Å². The molecule has 0 bridgehead atoms. The molecule has 134 valence electrons. The molecule has 2 aliphatic heterocycles. The molecule has 7 nitrogen and oxygen atoms in total. The lowest BCUT2D eigenvalue weighted by Gasteiger charge is -2.29. The van der Waals surface area contributed by atoms with Crippen molar-refractivity contribution in [1.82, 2.24) is 14.7 Å². The summed E-state index contributed by atoms with van der Waals surface area (Å²) in [7, 11) is 0. The normalized spacial score (nSPS) is 22.5. The predicted molar refractivity (Wildman–Crippen MR) is 89.0 cm³/mol. The van der Waals surface area contributed by atoms with Gasteiger partial charge in [0, 0.05) is 45.3 Å². The van der Waals surface area contributed by atoms with Crippen molar-refractivity contribution in [3.8, 4) is 0 Å². The van der Waals surface area contributed by atoms with Crippen molar-refractivity contribution in [1.29, 1.82) is 0 Å². The maximum atomic E-state index is 11.9. The van der Waals surface area contributed by atoms with Gasteiger partial charge in [0.05, 0.1) is 31.1 Å². The molecule has 2 atom stereocenters. The predicted octanol–water partition coefficient (Wildman–Crippen LogP) is 0.178. The average molecular weight is 337 g/mol. The molecule has 1 aromatic rings. The Morgan fingerprint density at radius 1 is 1.54 bits per heavy atom. The highest BCUT2D eigenvalue weighted by Crippen LogP contribution is 2.16. The number of hydrogen-bond donors (Lipinski definition) is 1. The van der Waals surface area contributed by atoms with Crippen LogP contribution in [0.3, 0.4) is 0 Å². The number of rotatable bonds is 7. The number of fused-ring (bicyclic) bond motifs is 1. The lowest BCUT2D eigenvalue weighted by atomic mass is 10.1. The van der Waals surface area contributed by atoms with Crippen LogP contribution in [-0.4, -0.2) is 64.9 Å². The molecule has 0 saturated carbocycles. The standard InChI is InChI=1S/C17H27N3O4/c1-2-20-17(22)8-13-9-19(6-5-16(13)18-20)10-14(21)11-23-12-15-4-3-7-24-15/h8,14-15,21H,2-7,9-12H2,1H3/t14-,15+/m0/s1. The third-order valence-corrected chi connectivity index (χ3v) is 4.63. The zero-order valence-electron chi connectivity index (χ0n) is 14.3. The zero-order chi connectivity index (χ0) is 16.9. The van der Waals surface area contributed by atoms with Crippen LogP contribution in [-0.2, 0) is 29.0 Å². The van der Waals surface area contributed by atoms with Gasteiger partial charge in [0.15, 0.2) is 0 Å². The minimum atomic E-state index is -0.531. The van der Waals surface area contributed by atoms with Crippen molar-refractivity contribution in [3.63, 3.8) is 0 Å². The summed E-state index contributed by atoms with van der Waals surface area (Å²) in [6.07, 6.45) is 2.60. The third-order valence-electron chi connectivity index (χ3n) is 4.63. The van der Waals surface area contributed by atoms with Crippen molar-refractivity contribution < 1.29 is 14.6 Å². The van der Waals surface area contributed by atoms with E-state index in [1.807, 2.05) is 6.92 Å². The van der Waals surface area contributed by atoms with Crippen molar-refractivity contribution in [2.24, 2.45) is 0 Å². The van der Waals surface area contributed by atoms with E-state index >= 15 is 0 Å². The van der Waals surface area contributed by atoms with Crippen molar-refractivity contribution >= 4 is 0 Å². The van der Waals surface area contributed by atoms with E-state index < -0.39 is 6.10 Å². The smallest absolute Gasteiger partial charge is 0.267 e. The maximum Gasteiger partial charge on any atom is 0.267 e. The molecular formula is C17H27N3O4. The molecule has 0 aliphatic carbocycles. The van der Waals surface area contributed by atoms with Gasteiger partial charge in [-0.15, -0.1) is 0 Å². The van der Waals surface area contributed by atoms with Gasteiger partial charge >= 0.3 is 0 Å². The molecule has 0 unspecified atom stereocenters. The molecule has 1 fully saturated rings. The summed E-state index contributed by atoms with van der Waals surface area (Å²) in [4.78, 5) is 14.1. The van der Waals surface area contributed by atoms with Crippen LogP contribution in [0, 0.1) is 0 Å². The molecule has 0 spiro atoms. The SMILES string of the molecule is CCn1nc2c(cc1=O)CN(C[C@H](O)COC[C@H]1CCCO1)CC2. The van der Waals surface area contributed by atoms with Crippen LogP contribution in [0.25, 0.3) is 0 Å². The van der Waals surface area contributed by atoms with Crippen LogP contribution in [0.4, 0.5) is 0 Å². The Balaban J connectivity index is 1.46. The average Bonchev–Trinajstić information content (AvgIpc) is 3.07. The van der Waals surface area contributed by atoms with E-state index in [0.29, 0.717) is 32.8 Å². The summed E-state index contributed by atoms with van der Waals surface area (Å²) in [6.45, 7) is 6.24. The summed E-state index contributed by atoms with van der Waals surface area (Å²) < 4.78 is 12.6. The molecule has 2 aliphatic rings. The van der Waals surface area contributed by atoms with Gasteiger partial charge in [0.25, 0.3) is 5.56 Å². The van der Waals surface area contributed by atoms with Crippen LogP contribution < -0.4 is 5.56 Å².